The first-order chi connectivity index (χ1) is 22.2. The van der Waals surface area contributed by atoms with Crippen molar-refractivity contribution in [1.82, 2.24) is 9.78 Å². The number of aromatic nitrogens is 2. The van der Waals surface area contributed by atoms with Gasteiger partial charge in [0.15, 0.2) is 5.82 Å². The van der Waals surface area contributed by atoms with E-state index in [1.165, 1.54) is 18.2 Å². The van der Waals surface area contributed by atoms with E-state index in [4.69, 9.17) is 4.74 Å². The molecule has 2 aliphatic rings. The predicted octanol–water partition coefficient (Wildman–Crippen LogP) is 8.77. The Morgan fingerprint density at radius 3 is 2.02 bits per heavy atom. The SMILES string of the molecule is CCN(C[C@H]1CC[C@H](C(=O)OC)CC1)c1cc2c(cc1CN(Cc1cc(C(F)(F)F)cc(C(F)(F)F)c1)c1ccn(C)n1)CCCC2.Cl. The van der Waals surface area contributed by atoms with Gasteiger partial charge in [0.2, 0.25) is 0 Å². The molecule has 6 nitrogen and oxygen atoms in total. The van der Waals surface area contributed by atoms with Crippen LogP contribution < -0.4 is 9.80 Å². The molecule has 0 radical (unpaired) electrons. The van der Waals surface area contributed by atoms with E-state index in [9.17, 15) is 31.1 Å². The molecule has 2 aliphatic carbocycles. The normalized spacial score (nSPS) is 18.1. The monoisotopic (exact) mass is 700 g/mol. The Morgan fingerprint density at radius 2 is 1.50 bits per heavy atom. The van der Waals surface area contributed by atoms with Crippen LogP contribution in [0.5, 0.6) is 0 Å². The summed E-state index contributed by atoms with van der Waals surface area (Å²) in [6, 6.07) is 7.87. The average molecular weight is 701 g/mol. The van der Waals surface area contributed by atoms with Gasteiger partial charge in [-0.1, -0.05) is 6.07 Å². The number of nitrogens with zero attached hydrogens (tertiary/aromatic N) is 4. The quantitative estimate of drug-likeness (QED) is 0.156. The molecule has 0 aliphatic heterocycles. The van der Waals surface area contributed by atoms with E-state index in [-0.39, 0.29) is 49.0 Å². The van der Waals surface area contributed by atoms with E-state index >= 15 is 0 Å². The third-order valence-corrected chi connectivity index (χ3v) is 9.53. The number of ether oxygens (including phenoxy) is 1. The number of methoxy groups -OCH3 is 1. The first kappa shape index (κ1) is 37.4. The van der Waals surface area contributed by atoms with Crippen LogP contribution in [0.25, 0.3) is 0 Å². The van der Waals surface area contributed by atoms with Gasteiger partial charge in [0.05, 0.1) is 24.2 Å². The minimum atomic E-state index is -4.94. The molecule has 0 amide bonds. The smallest absolute Gasteiger partial charge is 0.416 e. The van der Waals surface area contributed by atoms with Gasteiger partial charge < -0.3 is 14.5 Å². The summed E-state index contributed by atoms with van der Waals surface area (Å²) in [4.78, 5) is 16.2. The van der Waals surface area contributed by atoms with Gasteiger partial charge in [-0.2, -0.15) is 31.4 Å². The van der Waals surface area contributed by atoms with Crippen LogP contribution in [0, 0.1) is 11.8 Å². The predicted molar refractivity (Wildman–Crippen MR) is 175 cm³/mol. The molecule has 13 heteroatoms. The van der Waals surface area contributed by atoms with E-state index in [1.54, 1.807) is 28.9 Å². The van der Waals surface area contributed by atoms with Crippen molar-refractivity contribution in [1.29, 1.82) is 0 Å². The topological polar surface area (TPSA) is 50.6 Å². The van der Waals surface area contributed by atoms with Crippen molar-refractivity contribution in [2.45, 2.75) is 83.7 Å². The Hall–Kier alpha value is -3.41. The highest BCUT2D eigenvalue weighted by Crippen LogP contribution is 2.38. The number of fused-ring (bicyclic) bond motifs is 1. The molecule has 1 saturated carbocycles. The second-order valence-corrected chi connectivity index (χ2v) is 12.9. The molecule has 0 bridgehead atoms. The first-order valence-electron chi connectivity index (χ1n) is 16.3. The lowest BCUT2D eigenvalue weighted by atomic mass is 9.81. The maximum atomic E-state index is 13.7. The Balaban J connectivity index is 0.00000520. The molecule has 1 aromatic heterocycles. The molecule has 0 spiro atoms. The van der Waals surface area contributed by atoms with Crippen LogP contribution in [0.1, 0.15) is 78.8 Å². The largest absolute Gasteiger partial charge is 0.469 e. The minimum Gasteiger partial charge on any atom is -0.469 e. The molecule has 264 valence electrons. The van der Waals surface area contributed by atoms with Crippen molar-refractivity contribution >= 4 is 29.9 Å². The number of esters is 1. The number of rotatable bonds is 10. The Labute approximate surface area is 283 Å². The van der Waals surface area contributed by atoms with Gasteiger partial charge in [0, 0.05) is 51.2 Å². The highest BCUT2D eigenvalue weighted by Gasteiger charge is 2.37. The summed E-state index contributed by atoms with van der Waals surface area (Å²) in [5, 5.41) is 4.50. The first-order valence-corrected chi connectivity index (χ1v) is 16.3. The number of hydrogen-bond donors (Lipinski definition) is 0. The second kappa shape index (κ2) is 15.4. The van der Waals surface area contributed by atoms with Gasteiger partial charge >= 0.3 is 18.3 Å². The van der Waals surface area contributed by atoms with Crippen molar-refractivity contribution < 1.29 is 35.9 Å². The van der Waals surface area contributed by atoms with Gasteiger partial charge in [-0.15, -0.1) is 12.4 Å². The number of carbonyl (C=O) groups excluding carboxylic acids is 1. The number of hydrogen-bond acceptors (Lipinski definition) is 5. The number of benzene rings is 2. The van der Waals surface area contributed by atoms with Crippen molar-refractivity contribution in [2.75, 3.05) is 30.0 Å². The summed E-state index contributed by atoms with van der Waals surface area (Å²) >= 11 is 0. The van der Waals surface area contributed by atoms with Crippen LogP contribution in [-0.4, -0.2) is 35.9 Å². The van der Waals surface area contributed by atoms with E-state index in [1.807, 2.05) is 0 Å². The zero-order valence-corrected chi connectivity index (χ0v) is 28.3. The average Bonchev–Trinajstić information content (AvgIpc) is 3.48. The van der Waals surface area contributed by atoms with Crippen LogP contribution in [0.3, 0.4) is 0 Å². The van der Waals surface area contributed by atoms with Crippen LogP contribution in [0.15, 0.2) is 42.6 Å². The van der Waals surface area contributed by atoms with Gasteiger partial charge in [0.1, 0.15) is 0 Å². The standard InChI is InChI=1S/C35H42F6N4O2.ClH/c1-4-44(20-23-9-11-25(12-10-23)33(46)47-3)31-18-27-8-6-5-7-26(27)17-28(31)22-45(32-13-14-43(2)42-32)21-24-15-29(34(36,37)38)19-30(16-24)35(39,40)41;/h13-19,23,25H,4-12,20-22H2,1-3H3;1H/t23-,25-;. The summed E-state index contributed by atoms with van der Waals surface area (Å²) in [5.74, 6) is 0.584. The summed E-state index contributed by atoms with van der Waals surface area (Å²) in [7, 11) is 3.13. The zero-order chi connectivity index (χ0) is 33.9. The fraction of sp³-hybridized carbons (Fsp3) is 0.543. The molecular weight excluding hydrogens is 658 g/mol. The Kier molecular flexibility index (Phi) is 12.0. The lowest BCUT2D eigenvalue weighted by Crippen LogP contribution is -2.34. The second-order valence-electron chi connectivity index (χ2n) is 12.9. The lowest BCUT2D eigenvalue weighted by molar-refractivity contribution is -0.147. The van der Waals surface area contributed by atoms with E-state index in [0.717, 1.165) is 87.8 Å². The molecule has 48 heavy (non-hydrogen) atoms. The molecule has 1 heterocycles. The summed E-state index contributed by atoms with van der Waals surface area (Å²) in [5.41, 5.74) is 1.69. The maximum absolute atomic E-state index is 13.7. The van der Waals surface area contributed by atoms with Crippen LogP contribution >= 0.6 is 12.4 Å². The van der Waals surface area contributed by atoms with Gasteiger partial charge in [-0.05, 0) is 111 Å². The number of aryl methyl sites for hydroxylation is 3. The van der Waals surface area contributed by atoms with Gasteiger partial charge in [-0.25, -0.2) is 0 Å². The number of carbonyl (C=O) groups is 1. The molecule has 0 atom stereocenters. The van der Waals surface area contributed by atoms with Gasteiger partial charge in [0.25, 0.3) is 0 Å². The molecule has 3 aromatic rings. The third-order valence-electron chi connectivity index (χ3n) is 9.53. The van der Waals surface area contributed by atoms with Crippen molar-refractivity contribution in [2.24, 2.45) is 18.9 Å². The fourth-order valence-electron chi connectivity index (χ4n) is 7.03. The highest BCUT2D eigenvalue weighted by molar-refractivity contribution is 5.85. The molecule has 5 rings (SSSR count). The summed E-state index contributed by atoms with van der Waals surface area (Å²) in [6.07, 6.45) is -0.810. The van der Waals surface area contributed by atoms with Crippen molar-refractivity contribution in [3.63, 3.8) is 0 Å². The van der Waals surface area contributed by atoms with Crippen LogP contribution in [0.4, 0.5) is 37.8 Å². The van der Waals surface area contributed by atoms with Crippen LogP contribution in [0.2, 0.25) is 0 Å². The number of alkyl halides is 6. The van der Waals surface area contributed by atoms with E-state index in [2.05, 4.69) is 29.1 Å². The minimum absolute atomic E-state index is 0. The summed E-state index contributed by atoms with van der Waals surface area (Å²) < 4.78 is 88.9. The van der Waals surface area contributed by atoms with Crippen molar-refractivity contribution in [3.8, 4) is 0 Å². The molecular formula is C35H43ClF6N4O2. The Morgan fingerprint density at radius 1 is 0.896 bits per heavy atom. The molecule has 0 unspecified atom stereocenters. The summed E-state index contributed by atoms with van der Waals surface area (Å²) in [6.45, 7) is 3.62. The fourth-order valence-corrected chi connectivity index (χ4v) is 7.03. The maximum Gasteiger partial charge on any atom is 0.416 e. The molecule has 2 aromatic carbocycles. The zero-order valence-electron chi connectivity index (χ0n) is 27.5. The van der Waals surface area contributed by atoms with E-state index in [0.29, 0.717) is 11.7 Å². The number of anilines is 2. The van der Waals surface area contributed by atoms with Gasteiger partial charge in [-0.3, -0.25) is 9.48 Å². The Bertz CT molecular complexity index is 1520. The molecule has 0 saturated heterocycles. The van der Waals surface area contributed by atoms with Crippen LogP contribution in [-0.2, 0) is 54.9 Å². The highest BCUT2D eigenvalue weighted by atomic mass is 35.5. The van der Waals surface area contributed by atoms with Crippen molar-refractivity contribution in [3.05, 3.63) is 76.0 Å². The molecule has 0 N–H and O–H groups in total. The van der Waals surface area contributed by atoms with E-state index < -0.39 is 23.5 Å². The lowest BCUT2D eigenvalue weighted by Gasteiger charge is -2.35. The third kappa shape index (κ3) is 8.98. The molecule has 1 fully saturated rings. The number of halogens is 7.